The summed E-state index contributed by atoms with van der Waals surface area (Å²) in [6.45, 7) is 3.55. The van der Waals surface area contributed by atoms with Crippen LogP contribution in [-0.4, -0.2) is 31.0 Å². The van der Waals surface area contributed by atoms with Crippen LogP contribution in [0.1, 0.15) is 39.5 Å². The number of halogens is 2. The molecule has 1 rings (SSSR count). The zero-order valence-corrected chi connectivity index (χ0v) is 12.0. The predicted molar refractivity (Wildman–Crippen MR) is 71.7 cm³/mol. The minimum absolute atomic E-state index is 0.0377. The fourth-order valence-electron chi connectivity index (χ4n) is 2.15. The number of ether oxygens (including phenoxy) is 1. The molecule has 0 saturated heterocycles. The average molecular weight is 286 g/mol. The number of ketones is 2. The SMILES string of the molecule is CCCC(F)C1=CC(OC)=C(C(F)CCC)C(=O)C1=O. The van der Waals surface area contributed by atoms with Crippen LogP contribution < -0.4 is 0 Å². The van der Waals surface area contributed by atoms with Crippen LogP contribution in [0.15, 0.2) is 23.0 Å². The van der Waals surface area contributed by atoms with E-state index in [9.17, 15) is 18.4 Å². The van der Waals surface area contributed by atoms with E-state index in [0.29, 0.717) is 12.8 Å². The molecule has 0 aromatic heterocycles. The van der Waals surface area contributed by atoms with Crippen LogP contribution >= 0.6 is 0 Å². The quantitative estimate of drug-likeness (QED) is 0.533. The first-order chi connectivity index (χ1) is 9.47. The summed E-state index contributed by atoms with van der Waals surface area (Å²) in [4.78, 5) is 23.9. The fraction of sp³-hybridized carbons (Fsp3) is 0.600. The number of alkyl halides is 2. The van der Waals surface area contributed by atoms with E-state index in [1.807, 2.05) is 0 Å². The molecule has 5 heteroatoms. The third-order valence-electron chi connectivity index (χ3n) is 3.22. The van der Waals surface area contributed by atoms with E-state index in [2.05, 4.69) is 0 Å². The van der Waals surface area contributed by atoms with Crippen molar-refractivity contribution in [3.8, 4) is 0 Å². The Bertz CT molecular complexity index is 452. The summed E-state index contributed by atoms with van der Waals surface area (Å²) in [7, 11) is 1.28. The van der Waals surface area contributed by atoms with Crippen molar-refractivity contribution in [1.82, 2.24) is 0 Å². The minimum atomic E-state index is -1.56. The van der Waals surface area contributed by atoms with Crippen LogP contribution in [-0.2, 0) is 14.3 Å². The van der Waals surface area contributed by atoms with E-state index in [4.69, 9.17) is 4.74 Å². The average Bonchev–Trinajstić information content (AvgIpc) is 2.41. The maximum absolute atomic E-state index is 14.0. The third kappa shape index (κ3) is 3.32. The van der Waals surface area contributed by atoms with Gasteiger partial charge in [-0.05, 0) is 18.9 Å². The summed E-state index contributed by atoms with van der Waals surface area (Å²) in [5.41, 5.74) is -0.520. The molecule has 112 valence electrons. The Morgan fingerprint density at radius 2 is 1.60 bits per heavy atom. The fourth-order valence-corrected chi connectivity index (χ4v) is 2.15. The van der Waals surface area contributed by atoms with Gasteiger partial charge in [-0.15, -0.1) is 0 Å². The highest BCUT2D eigenvalue weighted by atomic mass is 19.1. The van der Waals surface area contributed by atoms with Crippen molar-refractivity contribution < 1.29 is 23.1 Å². The van der Waals surface area contributed by atoms with Gasteiger partial charge in [0.15, 0.2) is 0 Å². The van der Waals surface area contributed by atoms with Crippen molar-refractivity contribution in [2.24, 2.45) is 0 Å². The second-order valence-electron chi connectivity index (χ2n) is 4.75. The van der Waals surface area contributed by atoms with E-state index < -0.39 is 23.9 Å². The molecule has 3 nitrogen and oxygen atoms in total. The van der Waals surface area contributed by atoms with Crippen LogP contribution in [0.4, 0.5) is 8.78 Å². The Morgan fingerprint density at radius 3 is 2.10 bits per heavy atom. The van der Waals surface area contributed by atoms with Crippen LogP contribution in [0.2, 0.25) is 0 Å². The number of hydrogen-bond acceptors (Lipinski definition) is 3. The number of rotatable bonds is 7. The van der Waals surface area contributed by atoms with Gasteiger partial charge in [0.1, 0.15) is 18.1 Å². The van der Waals surface area contributed by atoms with Crippen LogP contribution in [0.25, 0.3) is 0 Å². The van der Waals surface area contributed by atoms with Crippen molar-refractivity contribution in [2.75, 3.05) is 7.11 Å². The Labute approximate surface area is 117 Å². The molecule has 1 aliphatic carbocycles. The largest absolute Gasteiger partial charge is 0.496 e. The van der Waals surface area contributed by atoms with Crippen LogP contribution in [0, 0.1) is 0 Å². The van der Waals surface area contributed by atoms with E-state index in [0.717, 1.165) is 0 Å². The zero-order chi connectivity index (χ0) is 15.3. The van der Waals surface area contributed by atoms with Crippen molar-refractivity contribution in [1.29, 1.82) is 0 Å². The number of allylic oxidation sites excluding steroid dienone is 3. The number of carbonyl (C=O) groups excluding carboxylic acids is 2. The van der Waals surface area contributed by atoms with Gasteiger partial charge in [0.2, 0.25) is 11.6 Å². The molecule has 0 fully saturated rings. The van der Waals surface area contributed by atoms with E-state index in [1.54, 1.807) is 13.8 Å². The lowest BCUT2D eigenvalue weighted by Crippen LogP contribution is -2.32. The maximum Gasteiger partial charge on any atom is 0.235 e. The van der Waals surface area contributed by atoms with Crippen molar-refractivity contribution in [3.63, 3.8) is 0 Å². The second kappa shape index (κ2) is 7.31. The lowest BCUT2D eigenvalue weighted by Gasteiger charge is -2.21. The highest BCUT2D eigenvalue weighted by molar-refractivity contribution is 6.50. The van der Waals surface area contributed by atoms with Gasteiger partial charge in [0.05, 0.1) is 12.7 Å². The lowest BCUT2D eigenvalue weighted by molar-refractivity contribution is -0.133. The summed E-state index contributed by atoms with van der Waals surface area (Å²) in [6, 6.07) is 0. The molecule has 0 amide bonds. The second-order valence-corrected chi connectivity index (χ2v) is 4.75. The lowest BCUT2D eigenvalue weighted by atomic mass is 9.87. The molecule has 0 N–H and O–H groups in total. The standard InChI is InChI=1S/C15H20F2O3/c1-4-6-10(16)9-8-12(20-3)13(11(17)7-5-2)15(19)14(9)18/h8,10-11H,4-7H2,1-3H3. The molecule has 0 spiro atoms. The van der Waals surface area contributed by atoms with Gasteiger partial charge in [-0.2, -0.15) is 0 Å². The Kier molecular flexibility index (Phi) is 6.05. The molecule has 2 unspecified atom stereocenters. The van der Waals surface area contributed by atoms with Gasteiger partial charge in [-0.25, -0.2) is 8.78 Å². The minimum Gasteiger partial charge on any atom is -0.496 e. The molecule has 0 aromatic carbocycles. The maximum atomic E-state index is 14.0. The monoisotopic (exact) mass is 286 g/mol. The molecular weight excluding hydrogens is 266 g/mol. The molecule has 1 aliphatic rings. The summed E-state index contributed by atoms with van der Waals surface area (Å²) >= 11 is 0. The topological polar surface area (TPSA) is 43.4 Å². The number of methoxy groups -OCH3 is 1. The highest BCUT2D eigenvalue weighted by Crippen LogP contribution is 2.29. The first kappa shape index (κ1) is 16.5. The summed E-state index contributed by atoms with van der Waals surface area (Å²) in [6.07, 6.45) is -0.576. The van der Waals surface area contributed by atoms with Crippen molar-refractivity contribution >= 4 is 11.6 Å². The molecular formula is C15H20F2O3. The van der Waals surface area contributed by atoms with Gasteiger partial charge in [0, 0.05) is 5.57 Å². The van der Waals surface area contributed by atoms with Crippen LogP contribution in [0.3, 0.4) is 0 Å². The predicted octanol–water partition coefficient (Wildman–Crippen LogP) is 3.24. The smallest absolute Gasteiger partial charge is 0.235 e. The van der Waals surface area contributed by atoms with E-state index >= 15 is 0 Å². The van der Waals surface area contributed by atoms with E-state index in [1.165, 1.54) is 13.2 Å². The zero-order valence-electron chi connectivity index (χ0n) is 12.0. The Morgan fingerprint density at radius 1 is 1.05 bits per heavy atom. The number of hydrogen-bond donors (Lipinski definition) is 0. The highest BCUT2D eigenvalue weighted by Gasteiger charge is 2.37. The molecule has 2 atom stereocenters. The van der Waals surface area contributed by atoms with Gasteiger partial charge in [-0.3, -0.25) is 9.59 Å². The molecule has 20 heavy (non-hydrogen) atoms. The summed E-state index contributed by atoms with van der Waals surface area (Å²) in [5, 5.41) is 0. The Hall–Kier alpha value is -1.52. The molecule has 0 bridgehead atoms. The third-order valence-corrected chi connectivity index (χ3v) is 3.22. The first-order valence-electron chi connectivity index (χ1n) is 6.84. The summed E-state index contributed by atoms with van der Waals surface area (Å²) in [5.74, 6) is -1.98. The normalized spacial score (nSPS) is 18.9. The molecule has 0 aromatic rings. The van der Waals surface area contributed by atoms with Gasteiger partial charge in [0.25, 0.3) is 0 Å². The molecule has 0 aliphatic heterocycles. The number of carbonyl (C=O) groups is 2. The molecule has 0 heterocycles. The number of Topliss-reactive ketones (excluding diaryl/α,β-unsaturated/α-hetero) is 2. The van der Waals surface area contributed by atoms with Crippen LogP contribution in [0.5, 0.6) is 0 Å². The molecule has 0 saturated carbocycles. The molecule has 0 radical (unpaired) electrons. The summed E-state index contributed by atoms with van der Waals surface area (Å²) < 4.78 is 32.8. The first-order valence-corrected chi connectivity index (χ1v) is 6.84. The van der Waals surface area contributed by atoms with Gasteiger partial charge < -0.3 is 4.74 Å². The Balaban J connectivity index is 3.21. The van der Waals surface area contributed by atoms with Crippen molar-refractivity contribution in [3.05, 3.63) is 23.0 Å². The van der Waals surface area contributed by atoms with Gasteiger partial charge >= 0.3 is 0 Å². The van der Waals surface area contributed by atoms with E-state index in [-0.39, 0.29) is 29.7 Å². The van der Waals surface area contributed by atoms with Crippen molar-refractivity contribution in [2.45, 2.75) is 51.9 Å². The van der Waals surface area contributed by atoms with Gasteiger partial charge in [-0.1, -0.05) is 26.7 Å².